The lowest BCUT2D eigenvalue weighted by molar-refractivity contribution is -0.141. The van der Waals surface area contributed by atoms with Gasteiger partial charge in [-0.25, -0.2) is 0 Å². The molecule has 0 radical (unpaired) electrons. The molecule has 1 aliphatic heterocycles. The zero-order valence-corrected chi connectivity index (χ0v) is 10.8. The van der Waals surface area contributed by atoms with Crippen molar-refractivity contribution in [2.75, 3.05) is 33.2 Å². The highest BCUT2D eigenvalue weighted by molar-refractivity contribution is 5.86. The summed E-state index contributed by atoms with van der Waals surface area (Å²) < 4.78 is 0. The van der Waals surface area contributed by atoms with Crippen molar-refractivity contribution >= 4 is 11.8 Å². The van der Waals surface area contributed by atoms with E-state index in [-0.39, 0.29) is 24.3 Å². The van der Waals surface area contributed by atoms with Gasteiger partial charge in [0.05, 0.1) is 12.5 Å². The largest absolute Gasteiger partial charge is 0.341 e. The van der Waals surface area contributed by atoms with E-state index in [2.05, 4.69) is 0 Å². The van der Waals surface area contributed by atoms with Crippen LogP contribution in [0.25, 0.3) is 0 Å². The average Bonchev–Trinajstić information content (AvgIpc) is 2.83. The number of rotatable bonds is 5. The molecule has 17 heavy (non-hydrogen) atoms. The summed E-state index contributed by atoms with van der Waals surface area (Å²) in [6.45, 7) is 4.11. The van der Waals surface area contributed by atoms with E-state index < -0.39 is 0 Å². The van der Waals surface area contributed by atoms with Crippen LogP contribution in [-0.4, -0.2) is 54.8 Å². The molecule has 0 saturated carbocycles. The molecule has 1 aliphatic rings. The van der Waals surface area contributed by atoms with Crippen molar-refractivity contribution in [1.29, 1.82) is 0 Å². The zero-order valence-electron chi connectivity index (χ0n) is 10.8. The number of likely N-dealkylation sites (N-methyl/N-ethyl adjacent to an activating group) is 1. The van der Waals surface area contributed by atoms with Crippen LogP contribution in [0.5, 0.6) is 0 Å². The Hall–Kier alpha value is -1.10. The molecular weight excluding hydrogens is 218 g/mol. The zero-order chi connectivity index (χ0) is 12.8. The highest BCUT2D eigenvalue weighted by Crippen LogP contribution is 2.09. The second-order valence-electron chi connectivity index (χ2n) is 4.62. The summed E-state index contributed by atoms with van der Waals surface area (Å²) in [5.41, 5.74) is 5.53. The van der Waals surface area contributed by atoms with Crippen LogP contribution in [0.1, 0.15) is 26.2 Å². The molecule has 1 fully saturated rings. The van der Waals surface area contributed by atoms with Gasteiger partial charge in [-0.2, -0.15) is 0 Å². The summed E-state index contributed by atoms with van der Waals surface area (Å²) in [5, 5.41) is 0. The first-order valence-corrected chi connectivity index (χ1v) is 6.33. The molecule has 1 rings (SSSR count). The molecule has 2 N–H and O–H groups in total. The van der Waals surface area contributed by atoms with E-state index >= 15 is 0 Å². The quantitative estimate of drug-likeness (QED) is 0.739. The van der Waals surface area contributed by atoms with Crippen LogP contribution in [0.15, 0.2) is 0 Å². The van der Waals surface area contributed by atoms with E-state index in [1.54, 1.807) is 7.05 Å². The summed E-state index contributed by atoms with van der Waals surface area (Å²) >= 11 is 0. The van der Waals surface area contributed by atoms with Gasteiger partial charge in [-0.05, 0) is 19.3 Å². The summed E-state index contributed by atoms with van der Waals surface area (Å²) in [5.74, 6) is -0.140. The van der Waals surface area contributed by atoms with Gasteiger partial charge in [-0.15, -0.1) is 0 Å². The Kier molecular flexibility index (Phi) is 5.41. The SMILES string of the molecule is CCC(CN)C(=O)N(C)CC(=O)N1CCCC1. The fourth-order valence-corrected chi connectivity index (χ4v) is 2.10. The summed E-state index contributed by atoms with van der Waals surface area (Å²) in [6, 6.07) is 0. The van der Waals surface area contributed by atoms with Crippen LogP contribution >= 0.6 is 0 Å². The third kappa shape index (κ3) is 3.70. The van der Waals surface area contributed by atoms with Crippen molar-refractivity contribution in [3.05, 3.63) is 0 Å². The smallest absolute Gasteiger partial charge is 0.242 e. The Morgan fingerprint density at radius 1 is 1.35 bits per heavy atom. The second kappa shape index (κ2) is 6.59. The first-order chi connectivity index (χ1) is 8.10. The molecule has 0 aliphatic carbocycles. The van der Waals surface area contributed by atoms with Crippen molar-refractivity contribution < 1.29 is 9.59 Å². The van der Waals surface area contributed by atoms with E-state index in [1.165, 1.54) is 4.90 Å². The highest BCUT2D eigenvalue weighted by atomic mass is 16.2. The third-order valence-corrected chi connectivity index (χ3v) is 3.33. The van der Waals surface area contributed by atoms with Crippen LogP contribution < -0.4 is 5.73 Å². The molecule has 0 aromatic carbocycles. The van der Waals surface area contributed by atoms with E-state index in [4.69, 9.17) is 5.73 Å². The van der Waals surface area contributed by atoms with Gasteiger partial charge in [0.25, 0.3) is 0 Å². The maximum Gasteiger partial charge on any atom is 0.242 e. The summed E-state index contributed by atoms with van der Waals surface area (Å²) in [4.78, 5) is 27.1. The average molecular weight is 241 g/mol. The van der Waals surface area contributed by atoms with Crippen LogP contribution in [0.2, 0.25) is 0 Å². The van der Waals surface area contributed by atoms with Gasteiger partial charge in [0.1, 0.15) is 0 Å². The van der Waals surface area contributed by atoms with Crippen molar-refractivity contribution in [1.82, 2.24) is 9.80 Å². The predicted molar refractivity (Wildman–Crippen MR) is 66.3 cm³/mol. The van der Waals surface area contributed by atoms with Gasteiger partial charge in [0.15, 0.2) is 0 Å². The lowest BCUT2D eigenvalue weighted by Crippen LogP contribution is -2.43. The molecule has 0 aromatic heterocycles. The normalized spacial score (nSPS) is 17.0. The number of hydrogen-bond donors (Lipinski definition) is 1. The minimum Gasteiger partial charge on any atom is -0.341 e. The number of carbonyl (C=O) groups is 2. The Morgan fingerprint density at radius 2 is 1.94 bits per heavy atom. The van der Waals surface area contributed by atoms with Crippen LogP contribution in [-0.2, 0) is 9.59 Å². The van der Waals surface area contributed by atoms with E-state index in [0.717, 1.165) is 32.4 Å². The first kappa shape index (κ1) is 14.0. The van der Waals surface area contributed by atoms with E-state index in [0.29, 0.717) is 6.54 Å². The highest BCUT2D eigenvalue weighted by Gasteiger charge is 2.24. The second-order valence-corrected chi connectivity index (χ2v) is 4.62. The van der Waals surface area contributed by atoms with Crippen LogP contribution in [0, 0.1) is 5.92 Å². The topological polar surface area (TPSA) is 66.6 Å². The van der Waals surface area contributed by atoms with Crippen LogP contribution in [0.4, 0.5) is 0 Å². The molecule has 0 bridgehead atoms. The molecule has 0 aromatic rings. The molecule has 5 nitrogen and oxygen atoms in total. The van der Waals surface area contributed by atoms with Crippen molar-refractivity contribution in [2.45, 2.75) is 26.2 Å². The van der Waals surface area contributed by atoms with E-state index in [9.17, 15) is 9.59 Å². The molecule has 1 atom stereocenters. The van der Waals surface area contributed by atoms with Gasteiger partial charge in [-0.3, -0.25) is 9.59 Å². The number of likely N-dealkylation sites (tertiary alicyclic amines) is 1. The van der Waals surface area contributed by atoms with Gasteiger partial charge in [0, 0.05) is 26.7 Å². The lowest BCUT2D eigenvalue weighted by atomic mass is 10.1. The van der Waals surface area contributed by atoms with E-state index in [1.807, 2.05) is 11.8 Å². The van der Waals surface area contributed by atoms with Crippen LogP contribution in [0.3, 0.4) is 0 Å². The molecule has 2 amide bonds. The predicted octanol–water partition coefficient (Wildman–Crippen LogP) is 0.0521. The molecule has 1 unspecified atom stereocenters. The van der Waals surface area contributed by atoms with Crippen molar-refractivity contribution in [2.24, 2.45) is 11.7 Å². The minimum atomic E-state index is -0.161. The summed E-state index contributed by atoms with van der Waals surface area (Å²) in [7, 11) is 1.68. The fourth-order valence-electron chi connectivity index (χ4n) is 2.10. The maximum absolute atomic E-state index is 11.9. The third-order valence-electron chi connectivity index (χ3n) is 3.33. The Labute approximate surface area is 103 Å². The number of amides is 2. The van der Waals surface area contributed by atoms with Gasteiger partial charge in [-0.1, -0.05) is 6.92 Å². The standard InChI is InChI=1S/C12H23N3O2/c1-3-10(8-13)12(17)14(2)9-11(16)15-6-4-5-7-15/h10H,3-9,13H2,1-2H3. The number of hydrogen-bond acceptors (Lipinski definition) is 3. The number of carbonyl (C=O) groups excluding carboxylic acids is 2. The molecule has 0 spiro atoms. The van der Waals surface area contributed by atoms with Gasteiger partial charge >= 0.3 is 0 Å². The lowest BCUT2D eigenvalue weighted by Gasteiger charge is -2.24. The van der Waals surface area contributed by atoms with Crippen molar-refractivity contribution in [3.63, 3.8) is 0 Å². The molecule has 1 heterocycles. The fraction of sp³-hybridized carbons (Fsp3) is 0.833. The number of nitrogens with zero attached hydrogens (tertiary/aromatic N) is 2. The molecule has 98 valence electrons. The Bertz CT molecular complexity index is 271. The van der Waals surface area contributed by atoms with Gasteiger partial charge in [0.2, 0.25) is 11.8 Å². The Morgan fingerprint density at radius 3 is 2.41 bits per heavy atom. The number of nitrogens with two attached hydrogens (primary N) is 1. The monoisotopic (exact) mass is 241 g/mol. The minimum absolute atomic E-state index is 0.0254. The first-order valence-electron chi connectivity index (χ1n) is 6.33. The van der Waals surface area contributed by atoms with Crippen molar-refractivity contribution in [3.8, 4) is 0 Å². The summed E-state index contributed by atoms with van der Waals surface area (Å²) in [6.07, 6.45) is 2.87. The molecule has 5 heteroatoms. The maximum atomic E-state index is 11.9. The van der Waals surface area contributed by atoms with Gasteiger partial charge < -0.3 is 15.5 Å². The molecule has 1 saturated heterocycles. The molecular formula is C12H23N3O2. The Balaban J connectivity index is 2.44.